The van der Waals surface area contributed by atoms with Crippen LogP contribution in [0, 0.1) is 5.92 Å². The summed E-state index contributed by atoms with van der Waals surface area (Å²) in [5, 5.41) is 11.4. The topological polar surface area (TPSA) is 124 Å². The SMILES string of the molecule is COCCOCOc1cccc(S(=O)(=O)Nc2cccc(C(c3c(O)c4c(oc3=O)CCCCCC4)C3CC3)c2)c1. The Bertz CT molecular complexity index is 1510. The minimum absolute atomic E-state index is 0.0333. The summed E-state index contributed by atoms with van der Waals surface area (Å²) in [6, 6.07) is 13.2. The summed E-state index contributed by atoms with van der Waals surface area (Å²) >= 11 is 0. The van der Waals surface area contributed by atoms with Crippen LogP contribution in [0.15, 0.2) is 62.6 Å². The van der Waals surface area contributed by atoms with Crippen molar-refractivity contribution < 1.29 is 32.2 Å². The van der Waals surface area contributed by atoms with Gasteiger partial charge >= 0.3 is 5.63 Å². The Morgan fingerprint density at radius 1 is 1.02 bits per heavy atom. The van der Waals surface area contributed by atoms with Gasteiger partial charge < -0.3 is 23.7 Å². The molecule has 0 radical (unpaired) electrons. The van der Waals surface area contributed by atoms with Crippen LogP contribution in [0.25, 0.3) is 0 Å². The lowest BCUT2D eigenvalue weighted by Gasteiger charge is -2.22. The van der Waals surface area contributed by atoms with Gasteiger partial charge in [0.25, 0.3) is 10.0 Å². The van der Waals surface area contributed by atoms with E-state index in [9.17, 15) is 18.3 Å². The zero-order chi connectivity index (χ0) is 28.8. The van der Waals surface area contributed by atoms with E-state index in [0.717, 1.165) is 49.7 Å². The predicted octanol–water partition coefficient (Wildman–Crippen LogP) is 5.35. The number of aryl methyl sites for hydroxylation is 1. The number of anilines is 1. The second-order valence-electron chi connectivity index (χ2n) is 10.7. The molecule has 220 valence electrons. The van der Waals surface area contributed by atoms with Gasteiger partial charge in [-0.15, -0.1) is 0 Å². The van der Waals surface area contributed by atoms with Gasteiger partial charge in [0.15, 0.2) is 6.79 Å². The third-order valence-corrected chi connectivity index (χ3v) is 9.03. The Hall–Kier alpha value is -3.34. The lowest BCUT2D eigenvalue weighted by molar-refractivity contribution is -0.00856. The molecule has 1 saturated carbocycles. The first-order chi connectivity index (χ1) is 19.9. The molecule has 3 aromatic rings. The molecule has 0 amide bonds. The Balaban J connectivity index is 1.39. The molecule has 0 saturated heterocycles. The largest absolute Gasteiger partial charge is 0.507 e. The quantitative estimate of drug-likeness (QED) is 0.216. The van der Waals surface area contributed by atoms with E-state index in [-0.39, 0.29) is 34.8 Å². The summed E-state index contributed by atoms with van der Waals surface area (Å²) in [6.07, 6.45) is 7.19. The average Bonchev–Trinajstić information content (AvgIpc) is 3.77. The second kappa shape index (κ2) is 13.1. The molecule has 1 atom stereocenters. The van der Waals surface area contributed by atoms with Gasteiger partial charge in [-0.2, -0.15) is 0 Å². The standard InChI is InChI=1S/C31H37NO8S/c1-37-16-17-38-20-39-24-10-7-11-25(19-24)41(35,36)32-23-9-6-8-22(18-23)28(21-14-15-21)29-30(33)26-12-4-2-3-5-13-27(26)40-31(29)34/h6-11,18-19,21,28,32-33H,2-5,12-17,20H2,1H3. The van der Waals surface area contributed by atoms with Crippen LogP contribution < -0.4 is 15.1 Å². The Morgan fingerprint density at radius 3 is 2.59 bits per heavy atom. The molecule has 0 bridgehead atoms. The smallest absolute Gasteiger partial charge is 0.343 e. The molecule has 1 aromatic heterocycles. The van der Waals surface area contributed by atoms with Crippen molar-refractivity contribution in [2.45, 2.75) is 62.2 Å². The first-order valence-corrected chi connectivity index (χ1v) is 15.7. The van der Waals surface area contributed by atoms with Gasteiger partial charge in [-0.05, 0) is 67.9 Å². The molecule has 41 heavy (non-hydrogen) atoms. The van der Waals surface area contributed by atoms with Crippen LogP contribution in [-0.4, -0.2) is 40.6 Å². The van der Waals surface area contributed by atoms with Crippen molar-refractivity contribution >= 4 is 15.7 Å². The van der Waals surface area contributed by atoms with Crippen molar-refractivity contribution in [2.24, 2.45) is 5.92 Å². The third kappa shape index (κ3) is 7.12. The van der Waals surface area contributed by atoms with Crippen LogP contribution in [0.1, 0.15) is 66.9 Å². The van der Waals surface area contributed by atoms with Gasteiger partial charge in [-0.25, -0.2) is 13.2 Å². The molecule has 2 aliphatic rings. The monoisotopic (exact) mass is 583 g/mol. The molecule has 1 fully saturated rings. The maximum Gasteiger partial charge on any atom is 0.343 e. The number of aromatic hydroxyl groups is 1. The van der Waals surface area contributed by atoms with Gasteiger partial charge in [0.2, 0.25) is 0 Å². The number of sulfonamides is 1. The van der Waals surface area contributed by atoms with Crippen molar-refractivity contribution in [2.75, 3.05) is 31.8 Å². The molecule has 0 aliphatic heterocycles. The Labute approximate surface area is 240 Å². The van der Waals surface area contributed by atoms with Crippen molar-refractivity contribution in [1.29, 1.82) is 0 Å². The number of fused-ring (bicyclic) bond motifs is 1. The van der Waals surface area contributed by atoms with E-state index in [1.54, 1.807) is 37.4 Å². The molecular formula is C31H37NO8S. The van der Waals surface area contributed by atoms with Crippen molar-refractivity contribution in [1.82, 2.24) is 0 Å². The fourth-order valence-electron chi connectivity index (χ4n) is 5.45. The molecule has 2 aliphatic carbocycles. The number of ether oxygens (including phenoxy) is 3. The highest BCUT2D eigenvalue weighted by Crippen LogP contribution is 2.49. The minimum Gasteiger partial charge on any atom is -0.507 e. The van der Waals surface area contributed by atoms with Gasteiger partial charge in [0.05, 0.1) is 23.7 Å². The summed E-state index contributed by atoms with van der Waals surface area (Å²) in [4.78, 5) is 13.3. The molecule has 1 heterocycles. The fourth-order valence-corrected chi connectivity index (χ4v) is 6.53. The van der Waals surface area contributed by atoms with Gasteiger partial charge in [-0.1, -0.05) is 31.0 Å². The van der Waals surface area contributed by atoms with Crippen LogP contribution in [0.4, 0.5) is 5.69 Å². The molecular weight excluding hydrogens is 546 g/mol. The molecule has 0 spiro atoms. The lowest BCUT2D eigenvalue weighted by atomic mass is 9.85. The molecule has 2 N–H and O–H groups in total. The van der Waals surface area contributed by atoms with E-state index in [4.69, 9.17) is 18.6 Å². The lowest BCUT2D eigenvalue weighted by Crippen LogP contribution is -2.19. The predicted molar refractivity (Wildman–Crippen MR) is 154 cm³/mol. The summed E-state index contributed by atoms with van der Waals surface area (Å²) in [5.74, 6) is 0.779. The number of hydrogen-bond donors (Lipinski definition) is 2. The third-order valence-electron chi connectivity index (χ3n) is 7.65. The zero-order valence-corrected chi connectivity index (χ0v) is 24.1. The molecule has 10 heteroatoms. The van der Waals surface area contributed by atoms with Gasteiger partial charge in [0.1, 0.15) is 17.3 Å². The molecule has 2 aromatic carbocycles. The summed E-state index contributed by atoms with van der Waals surface area (Å²) < 4.78 is 50.7. The number of benzene rings is 2. The van der Waals surface area contributed by atoms with Crippen LogP contribution in [-0.2, 0) is 32.3 Å². The maximum absolute atomic E-state index is 13.3. The summed E-state index contributed by atoms with van der Waals surface area (Å²) in [5.41, 5.74) is 1.63. The average molecular weight is 584 g/mol. The van der Waals surface area contributed by atoms with E-state index < -0.39 is 15.6 Å². The number of rotatable bonds is 12. The fraction of sp³-hybridized carbons (Fsp3) is 0.452. The second-order valence-corrected chi connectivity index (χ2v) is 12.3. The van der Waals surface area contributed by atoms with E-state index >= 15 is 0 Å². The number of hydrogen-bond acceptors (Lipinski definition) is 8. The highest BCUT2D eigenvalue weighted by molar-refractivity contribution is 7.92. The zero-order valence-electron chi connectivity index (χ0n) is 23.3. The number of nitrogens with one attached hydrogen (secondary N) is 1. The van der Waals surface area contributed by atoms with Crippen molar-refractivity contribution in [3.8, 4) is 11.5 Å². The van der Waals surface area contributed by atoms with E-state index in [1.807, 2.05) is 6.07 Å². The van der Waals surface area contributed by atoms with E-state index in [1.165, 1.54) is 12.1 Å². The highest BCUT2D eigenvalue weighted by Gasteiger charge is 2.38. The normalized spacial score (nSPS) is 16.3. The van der Waals surface area contributed by atoms with E-state index in [2.05, 4.69) is 4.72 Å². The Kier molecular flexibility index (Phi) is 9.32. The molecule has 1 unspecified atom stereocenters. The van der Waals surface area contributed by atoms with Crippen LogP contribution in [0.5, 0.6) is 11.5 Å². The Morgan fingerprint density at radius 2 is 1.80 bits per heavy atom. The van der Waals surface area contributed by atoms with Crippen molar-refractivity contribution in [3.63, 3.8) is 0 Å². The van der Waals surface area contributed by atoms with E-state index in [0.29, 0.717) is 43.3 Å². The summed E-state index contributed by atoms with van der Waals surface area (Å²) in [6.45, 7) is 0.757. The van der Waals surface area contributed by atoms with Gasteiger partial charge in [-0.3, -0.25) is 4.72 Å². The van der Waals surface area contributed by atoms with Gasteiger partial charge in [0, 0.05) is 36.8 Å². The van der Waals surface area contributed by atoms with Crippen molar-refractivity contribution in [3.05, 3.63) is 81.4 Å². The van der Waals surface area contributed by atoms with Crippen LogP contribution >= 0.6 is 0 Å². The first-order valence-electron chi connectivity index (χ1n) is 14.2. The molecule has 5 rings (SSSR count). The summed E-state index contributed by atoms with van der Waals surface area (Å²) in [7, 11) is -2.37. The highest BCUT2D eigenvalue weighted by atomic mass is 32.2. The van der Waals surface area contributed by atoms with Crippen LogP contribution in [0.3, 0.4) is 0 Å². The first kappa shape index (κ1) is 29.2. The minimum atomic E-state index is -3.94. The molecule has 9 nitrogen and oxygen atoms in total. The number of methoxy groups -OCH3 is 1. The van der Waals surface area contributed by atoms with Crippen LogP contribution in [0.2, 0.25) is 0 Å². The maximum atomic E-state index is 13.3.